The van der Waals surface area contributed by atoms with E-state index in [2.05, 4.69) is 13.8 Å². The molecule has 0 aromatic rings. The highest BCUT2D eigenvalue weighted by atomic mass is 33.2. The Balaban J connectivity index is 3.43. The van der Waals surface area contributed by atoms with Crippen molar-refractivity contribution in [2.75, 3.05) is 23.0 Å². The van der Waals surface area contributed by atoms with Crippen LogP contribution in [0, 0.1) is 0 Å². The summed E-state index contributed by atoms with van der Waals surface area (Å²) in [6.45, 7) is 4.36. The van der Waals surface area contributed by atoms with E-state index in [-0.39, 0.29) is 0 Å². The number of hydrogen-bond acceptors (Lipinski definition) is 4. The second-order valence-corrected chi connectivity index (χ2v) is 17.2. The van der Waals surface area contributed by atoms with Crippen LogP contribution in [-0.4, -0.2) is 41.2 Å². The molecule has 0 radical (unpaired) electrons. The molecule has 0 spiro atoms. The fraction of sp³-hybridized carbons (Fsp3) is 1.00. The van der Waals surface area contributed by atoms with Gasteiger partial charge in [0.15, 0.2) is 63.8 Å². The van der Waals surface area contributed by atoms with Gasteiger partial charge in [-0.3, -0.25) is 0 Å². The molecule has 0 saturated heterocycles. The summed E-state index contributed by atoms with van der Waals surface area (Å²) in [5, 5.41) is 0. The zero-order valence-corrected chi connectivity index (χ0v) is 24.1. The van der Waals surface area contributed by atoms with E-state index >= 15 is 0 Å². The maximum Gasteiger partial charge on any atom is 0.170 e. The molecule has 4 atom stereocenters. The molecule has 4 unspecified atom stereocenters. The largest absolute Gasteiger partial charge is 0.571 e. The van der Waals surface area contributed by atoms with Gasteiger partial charge in [-0.2, -0.15) is 0 Å². The molecule has 0 fully saturated rings. The van der Waals surface area contributed by atoms with Crippen molar-refractivity contribution in [3.8, 4) is 0 Å². The van der Waals surface area contributed by atoms with E-state index in [9.17, 15) is 18.2 Å². The minimum absolute atomic E-state index is 0.573. The van der Waals surface area contributed by atoms with Crippen LogP contribution in [0.25, 0.3) is 0 Å². The molecule has 0 aromatic heterocycles. The predicted octanol–water partition coefficient (Wildman–Crippen LogP) is 6.87. The quantitative estimate of drug-likeness (QED) is 0.0731. The van der Waals surface area contributed by atoms with Crippen molar-refractivity contribution in [3.63, 3.8) is 0 Å². The average molecular weight is 531 g/mol. The Morgan fingerprint density at radius 2 is 0.500 bits per heavy atom. The van der Waals surface area contributed by atoms with Crippen LogP contribution in [0.3, 0.4) is 0 Å². The van der Waals surface area contributed by atoms with Crippen molar-refractivity contribution >= 4 is 40.8 Å². The van der Waals surface area contributed by atoms with E-state index in [4.69, 9.17) is 0 Å². The molecule has 0 rings (SSSR count). The monoisotopic (exact) mass is 530 g/mol. The lowest BCUT2D eigenvalue weighted by Crippen LogP contribution is -2.22. The van der Waals surface area contributed by atoms with Crippen LogP contribution >= 0.6 is 0 Å². The molecule has 0 amide bonds. The van der Waals surface area contributed by atoms with Crippen LogP contribution in [-0.2, 0) is 40.8 Å². The third-order valence-electron chi connectivity index (χ3n) is 5.62. The lowest BCUT2D eigenvalue weighted by molar-refractivity contribution is 0.563. The van der Waals surface area contributed by atoms with Crippen molar-refractivity contribution in [3.05, 3.63) is 0 Å². The van der Waals surface area contributed by atoms with Crippen molar-refractivity contribution < 1.29 is 18.2 Å². The van der Waals surface area contributed by atoms with Crippen LogP contribution in [0.4, 0.5) is 0 Å². The van der Waals surface area contributed by atoms with E-state index in [1.807, 2.05) is 0 Å². The number of hydrogen-bond donors (Lipinski definition) is 0. The summed E-state index contributed by atoms with van der Waals surface area (Å²) in [7, 11) is -4.69. The molecule has 0 aromatic carbocycles. The van der Waals surface area contributed by atoms with Gasteiger partial charge in [0.05, 0.1) is 0 Å². The average Bonchev–Trinajstić information content (AvgIpc) is 2.79. The van der Waals surface area contributed by atoms with Gasteiger partial charge in [-0.25, -0.2) is 0 Å². The smallest absolute Gasteiger partial charge is 0.170 e. The van der Waals surface area contributed by atoms with Crippen LogP contribution in [0.1, 0.15) is 129 Å². The molecule has 32 heavy (non-hydrogen) atoms. The Labute approximate surface area is 210 Å². The van der Waals surface area contributed by atoms with E-state index < -0.39 is 40.8 Å². The Morgan fingerprint density at radius 3 is 0.719 bits per heavy atom. The third kappa shape index (κ3) is 21.8. The van der Waals surface area contributed by atoms with Gasteiger partial charge < -0.3 is 18.2 Å². The van der Waals surface area contributed by atoms with Crippen LogP contribution < -0.4 is 0 Å². The van der Waals surface area contributed by atoms with Crippen LogP contribution in [0.15, 0.2) is 0 Å². The molecule has 0 N–H and O–H groups in total. The molecular weight excluding hydrogens is 481 g/mol. The zero-order valence-electron chi connectivity index (χ0n) is 20.8. The third-order valence-corrected chi connectivity index (χ3v) is 13.4. The van der Waals surface area contributed by atoms with Crippen molar-refractivity contribution in [1.29, 1.82) is 0 Å². The van der Waals surface area contributed by atoms with E-state index in [1.54, 1.807) is 0 Å². The highest BCUT2D eigenvalue weighted by Crippen LogP contribution is 2.16. The Kier molecular flexibility index (Phi) is 26.3. The summed E-state index contributed by atoms with van der Waals surface area (Å²) in [4.78, 5) is 0. The minimum Gasteiger partial charge on any atom is -0.571 e. The van der Waals surface area contributed by atoms with Crippen LogP contribution in [0.5, 0.6) is 0 Å². The molecule has 8 heteroatoms. The van der Waals surface area contributed by atoms with Gasteiger partial charge in [0.25, 0.3) is 0 Å². The second kappa shape index (κ2) is 25.3. The lowest BCUT2D eigenvalue weighted by atomic mass is 10.1. The Bertz CT molecular complexity index is 346. The maximum absolute atomic E-state index is 12.0. The summed E-state index contributed by atoms with van der Waals surface area (Å²) < 4.78 is 48.1. The highest BCUT2D eigenvalue weighted by Gasteiger charge is 2.24. The first-order valence-electron chi connectivity index (χ1n) is 13.1. The number of rotatable bonds is 25. The second-order valence-electron chi connectivity index (χ2n) is 8.69. The van der Waals surface area contributed by atoms with Gasteiger partial charge in [-0.05, 0) is 51.4 Å². The van der Waals surface area contributed by atoms with Gasteiger partial charge in [0.1, 0.15) is 0 Å². The maximum atomic E-state index is 12.0. The first-order valence-corrected chi connectivity index (χ1v) is 19.4. The summed E-state index contributed by atoms with van der Waals surface area (Å²) in [5.41, 5.74) is 0. The molecular formula is C24H50O4S4. The fourth-order valence-corrected chi connectivity index (χ4v) is 9.67. The molecule has 0 saturated carbocycles. The summed E-state index contributed by atoms with van der Waals surface area (Å²) in [5.74, 6) is 2.33. The molecule has 0 bridgehead atoms. The summed E-state index contributed by atoms with van der Waals surface area (Å²) in [6.07, 6.45) is 19.8. The predicted molar refractivity (Wildman–Crippen MR) is 146 cm³/mol. The van der Waals surface area contributed by atoms with Gasteiger partial charge in [-0.15, -0.1) is 0 Å². The topological polar surface area (TPSA) is 92.2 Å². The van der Waals surface area contributed by atoms with Crippen molar-refractivity contribution in [2.24, 2.45) is 0 Å². The molecule has 194 valence electrons. The first-order chi connectivity index (χ1) is 15.5. The molecule has 0 aliphatic carbocycles. The Hall–Kier alpha value is 1.24. The van der Waals surface area contributed by atoms with Gasteiger partial charge in [-0.1, -0.05) is 78.1 Å². The van der Waals surface area contributed by atoms with Gasteiger partial charge >= 0.3 is 0 Å². The fourth-order valence-electron chi connectivity index (χ4n) is 3.52. The molecule has 0 aliphatic heterocycles. The standard InChI is InChI=1S/C24H50O4S4/c1-3-5-7-13-17-21-29(25)31(27)23-19-15-11-9-10-12-16-20-24-32(28)30(26)22-18-14-8-6-4-2/h3-24H2,1-2H3. The van der Waals surface area contributed by atoms with E-state index in [0.717, 1.165) is 64.2 Å². The first kappa shape index (κ1) is 33.2. The SMILES string of the molecule is CCCCCCC[S+]([O-])[S+]([O-])CCCCCCCCCC[S+]([O-])[S+]([O-])CCCCCCC. The van der Waals surface area contributed by atoms with E-state index in [1.165, 1.54) is 51.4 Å². The molecule has 0 heterocycles. The summed E-state index contributed by atoms with van der Waals surface area (Å²) >= 11 is 0. The highest BCUT2D eigenvalue weighted by molar-refractivity contribution is 8.67. The van der Waals surface area contributed by atoms with Crippen molar-refractivity contribution in [1.82, 2.24) is 0 Å². The van der Waals surface area contributed by atoms with Gasteiger partial charge in [0.2, 0.25) is 0 Å². The zero-order chi connectivity index (χ0) is 23.9. The van der Waals surface area contributed by atoms with Gasteiger partial charge in [0, 0.05) is 0 Å². The van der Waals surface area contributed by atoms with E-state index in [0.29, 0.717) is 23.0 Å². The normalized spacial score (nSPS) is 15.6. The molecule has 4 nitrogen and oxygen atoms in total. The summed E-state index contributed by atoms with van der Waals surface area (Å²) in [6, 6.07) is 0. The Morgan fingerprint density at radius 1 is 0.312 bits per heavy atom. The lowest BCUT2D eigenvalue weighted by Gasteiger charge is -2.12. The van der Waals surface area contributed by atoms with Crippen LogP contribution in [0.2, 0.25) is 0 Å². The molecule has 0 aliphatic rings. The number of unbranched alkanes of at least 4 members (excludes halogenated alkanes) is 15. The van der Waals surface area contributed by atoms with Crippen molar-refractivity contribution in [2.45, 2.75) is 129 Å². The minimum atomic E-state index is -1.18.